The summed E-state index contributed by atoms with van der Waals surface area (Å²) in [5.41, 5.74) is 9.31. The zero-order valence-electron chi connectivity index (χ0n) is 14.8. The van der Waals surface area contributed by atoms with Crippen molar-refractivity contribution >= 4 is 0 Å². The number of nitrogens with zero attached hydrogens (tertiary/aromatic N) is 1. The normalized spacial score (nSPS) is 16.3. The lowest BCUT2D eigenvalue weighted by atomic mass is 9.63. The van der Waals surface area contributed by atoms with Gasteiger partial charge in [-0.3, -0.25) is 0 Å². The fraction of sp³-hybridized carbons (Fsp3) is 0.240. The van der Waals surface area contributed by atoms with Crippen LogP contribution >= 0.6 is 0 Å². The van der Waals surface area contributed by atoms with Crippen molar-refractivity contribution in [1.29, 1.82) is 5.26 Å². The van der Waals surface area contributed by atoms with Crippen LogP contribution in [0.1, 0.15) is 47.1 Å². The summed E-state index contributed by atoms with van der Waals surface area (Å²) in [7, 11) is 0. The van der Waals surface area contributed by atoms with Crippen LogP contribution in [0.15, 0.2) is 66.7 Å². The summed E-state index contributed by atoms with van der Waals surface area (Å²) in [5, 5.41) is 9.95. The highest BCUT2D eigenvalue weighted by Gasteiger charge is 2.41. The van der Waals surface area contributed by atoms with E-state index in [2.05, 4.69) is 72.8 Å². The Hall–Kier alpha value is -2.85. The van der Waals surface area contributed by atoms with E-state index >= 15 is 0 Å². The average molecular weight is 335 g/mol. The second-order valence-corrected chi connectivity index (χ2v) is 7.66. The molecule has 1 nitrogen and oxygen atoms in total. The van der Waals surface area contributed by atoms with Crippen molar-refractivity contribution in [2.75, 3.05) is 0 Å². The molecule has 1 fully saturated rings. The van der Waals surface area contributed by atoms with Crippen LogP contribution < -0.4 is 0 Å². The number of nitriles is 1. The molecule has 0 N–H and O–H groups in total. The lowest BCUT2D eigenvalue weighted by Crippen LogP contribution is -2.33. The lowest BCUT2D eigenvalue weighted by Gasteiger charge is -2.38. The van der Waals surface area contributed by atoms with Gasteiger partial charge in [-0.05, 0) is 71.0 Å². The summed E-state index contributed by atoms with van der Waals surface area (Å²) in [6, 6.07) is 26.6. The second kappa shape index (κ2) is 5.85. The van der Waals surface area contributed by atoms with Crippen LogP contribution in [0, 0.1) is 11.3 Å². The van der Waals surface area contributed by atoms with E-state index in [-0.39, 0.29) is 5.41 Å². The SMILES string of the molecule is N#CC1(c2ccc3c(c2Cc2ccccc2)Cc2ccccc2-3)CCC1. The minimum Gasteiger partial charge on any atom is -0.197 e. The van der Waals surface area contributed by atoms with Crippen LogP contribution in [0.2, 0.25) is 0 Å². The lowest BCUT2D eigenvalue weighted by molar-refractivity contribution is 0.322. The third-order valence-corrected chi connectivity index (χ3v) is 6.27. The van der Waals surface area contributed by atoms with Crippen molar-refractivity contribution in [2.24, 2.45) is 0 Å². The standard InChI is InChI=1S/C25H21N/c26-17-25(13-6-14-25)24-12-11-21-20-10-5-4-9-19(20)16-22(21)23(24)15-18-7-2-1-3-8-18/h1-5,7-12H,6,13-16H2. The van der Waals surface area contributed by atoms with Crippen molar-refractivity contribution in [2.45, 2.75) is 37.5 Å². The molecule has 1 saturated carbocycles. The summed E-state index contributed by atoms with van der Waals surface area (Å²) >= 11 is 0. The maximum Gasteiger partial charge on any atom is 0.0825 e. The van der Waals surface area contributed by atoms with Gasteiger partial charge in [0.25, 0.3) is 0 Å². The van der Waals surface area contributed by atoms with Crippen LogP contribution in [0.5, 0.6) is 0 Å². The fourth-order valence-electron chi connectivity index (χ4n) is 4.70. The van der Waals surface area contributed by atoms with Crippen molar-refractivity contribution in [1.82, 2.24) is 0 Å². The molecule has 0 radical (unpaired) electrons. The van der Waals surface area contributed by atoms with Crippen LogP contribution in [0.4, 0.5) is 0 Å². The molecule has 1 heteroatoms. The van der Waals surface area contributed by atoms with Crippen molar-refractivity contribution < 1.29 is 0 Å². The van der Waals surface area contributed by atoms with E-state index in [9.17, 15) is 5.26 Å². The van der Waals surface area contributed by atoms with Crippen LogP contribution in [-0.4, -0.2) is 0 Å². The first-order valence-electron chi connectivity index (χ1n) is 9.49. The van der Waals surface area contributed by atoms with Crippen molar-refractivity contribution in [3.63, 3.8) is 0 Å². The van der Waals surface area contributed by atoms with Gasteiger partial charge in [0.2, 0.25) is 0 Å². The molecular formula is C25H21N. The Morgan fingerprint density at radius 1 is 0.846 bits per heavy atom. The predicted octanol–water partition coefficient (Wildman–Crippen LogP) is 5.79. The van der Waals surface area contributed by atoms with Crippen LogP contribution in [0.3, 0.4) is 0 Å². The molecule has 0 bridgehead atoms. The molecule has 3 aromatic carbocycles. The van der Waals surface area contributed by atoms with E-state index in [0.29, 0.717) is 0 Å². The molecule has 0 aliphatic heterocycles. The molecule has 0 aromatic heterocycles. The number of hydrogen-bond donors (Lipinski definition) is 0. The van der Waals surface area contributed by atoms with Gasteiger partial charge in [0.1, 0.15) is 0 Å². The largest absolute Gasteiger partial charge is 0.197 e. The molecule has 3 aromatic rings. The quantitative estimate of drug-likeness (QED) is 0.464. The van der Waals surface area contributed by atoms with E-state index in [1.807, 2.05) is 0 Å². The topological polar surface area (TPSA) is 23.8 Å². The molecule has 126 valence electrons. The van der Waals surface area contributed by atoms with Gasteiger partial charge in [-0.15, -0.1) is 0 Å². The first kappa shape index (κ1) is 15.4. The molecule has 0 unspecified atom stereocenters. The second-order valence-electron chi connectivity index (χ2n) is 7.66. The zero-order valence-corrected chi connectivity index (χ0v) is 14.8. The highest BCUT2D eigenvalue weighted by Crippen LogP contribution is 2.48. The summed E-state index contributed by atoms with van der Waals surface area (Å²) in [5.74, 6) is 0. The van der Waals surface area contributed by atoms with Crippen LogP contribution in [0.25, 0.3) is 11.1 Å². The zero-order chi connectivity index (χ0) is 17.6. The monoisotopic (exact) mass is 335 g/mol. The minimum atomic E-state index is -0.270. The van der Waals surface area contributed by atoms with Gasteiger partial charge < -0.3 is 0 Å². The van der Waals surface area contributed by atoms with Gasteiger partial charge in [-0.1, -0.05) is 66.7 Å². The van der Waals surface area contributed by atoms with Gasteiger partial charge >= 0.3 is 0 Å². The molecular weight excluding hydrogens is 314 g/mol. The maximum atomic E-state index is 9.95. The molecule has 0 heterocycles. The van der Waals surface area contributed by atoms with E-state index < -0.39 is 0 Å². The van der Waals surface area contributed by atoms with E-state index in [0.717, 1.165) is 32.1 Å². The molecule has 0 amide bonds. The average Bonchev–Trinajstić information content (AvgIpc) is 3.03. The van der Waals surface area contributed by atoms with Crippen molar-refractivity contribution in [3.8, 4) is 17.2 Å². The Balaban J connectivity index is 1.70. The molecule has 0 spiro atoms. The Morgan fingerprint density at radius 2 is 1.62 bits per heavy atom. The number of fused-ring (bicyclic) bond motifs is 3. The maximum absolute atomic E-state index is 9.95. The van der Waals surface area contributed by atoms with Gasteiger partial charge in [0.05, 0.1) is 11.5 Å². The van der Waals surface area contributed by atoms with Gasteiger partial charge in [-0.25, -0.2) is 0 Å². The van der Waals surface area contributed by atoms with E-state index in [4.69, 9.17) is 0 Å². The third-order valence-electron chi connectivity index (χ3n) is 6.27. The summed E-state index contributed by atoms with van der Waals surface area (Å²) < 4.78 is 0. The highest BCUT2D eigenvalue weighted by atomic mass is 14.5. The molecule has 2 aliphatic carbocycles. The summed E-state index contributed by atoms with van der Waals surface area (Å²) in [6.07, 6.45) is 5.06. The summed E-state index contributed by atoms with van der Waals surface area (Å²) in [4.78, 5) is 0. The summed E-state index contributed by atoms with van der Waals surface area (Å²) in [6.45, 7) is 0. The van der Waals surface area contributed by atoms with E-state index in [1.165, 1.54) is 38.9 Å². The first-order chi connectivity index (χ1) is 12.8. The van der Waals surface area contributed by atoms with Gasteiger partial charge in [0.15, 0.2) is 0 Å². The Morgan fingerprint density at radius 3 is 2.35 bits per heavy atom. The molecule has 2 aliphatic rings. The third kappa shape index (κ3) is 2.22. The number of hydrogen-bond acceptors (Lipinski definition) is 1. The van der Waals surface area contributed by atoms with Crippen molar-refractivity contribution in [3.05, 3.63) is 94.5 Å². The number of benzene rings is 3. The number of rotatable bonds is 3. The Bertz CT molecular complexity index is 1020. The molecule has 26 heavy (non-hydrogen) atoms. The van der Waals surface area contributed by atoms with E-state index in [1.54, 1.807) is 0 Å². The fourth-order valence-corrected chi connectivity index (χ4v) is 4.70. The molecule has 0 saturated heterocycles. The Kier molecular flexibility index (Phi) is 3.47. The minimum absolute atomic E-state index is 0.270. The first-order valence-corrected chi connectivity index (χ1v) is 9.49. The van der Waals surface area contributed by atoms with Gasteiger partial charge in [0, 0.05) is 0 Å². The van der Waals surface area contributed by atoms with Crippen LogP contribution in [-0.2, 0) is 18.3 Å². The highest BCUT2D eigenvalue weighted by molar-refractivity contribution is 5.79. The van der Waals surface area contributed by atoms with Gasteiger partial charge in [-0.2, -0.15) is 5.26 Å². The smallest absolute Gasteiger partial charge is 0.0825 e. The Labute approximate surface area is 154 Å². The predicted molar refractivity (Wildman–Crippen MR) is 105 cm³/mol. The molecule has 0 atom stereocenters. The molecule has 5 rings (SSSR count).